The van der Waals surface area contributed by atoms with E-state index < -0.39 is 17.6 Å². The Bertz CT molecular complexity index is 1170. The molecule has 1 N–H and O–H groups in total. The minimum atomic E-state index is -0.745. The summed E-state index contributed by atoms with van der Waals surface area (Å²) in [5.74, 6) is -1.16. The Balaban J connectivity index is 1.29. The highest BCUT2D eigenvalue weighted by molar-refractivity contribution is 6.05. The summed E-state index contributed by atoms with van der Waals surface area (Å²) in [6.07, 6.45) is 3.44. The number of ether oxygens (including phenoxy) is 1. The van der Waals surface area contributed by atoms with Crippen molar-refractivity contribution in [1.29, 1.82) is 0 Å². The molecule has 3 aliphatic heterocycles. The quantitative estimate of drug-likeness (QED) is 0.655. The number of nitrogens with one attached hydrogen (secondary N) is 1. The second-order valence-corrected chi connectivity index (χ2v) is 11.2. The van der Waals surface area contributed by atoms with E-state index in [1.54, 1.807) is 15.7 Å². The van der Waals surface area contributed by atoms with Crippen LogP contribution in [-0.2, 0) is 20.9 Å². The second-order valence-electron chi connectivity index (χ2n) is 11.2. The molecule has 3 fully saturated rings. The lowest BCUT2D eigenvalue weighted by atomic mass is 9.60. The third kappa shape index (κ3) is 3.59. The van der Waals surface area contributed by atoms with Crippen LogP contribution in [0.1, 0.15) is 74.0 Å². The molecule has 4 aliphatic rings. The molecule has 0 radical (unpaired) electrons. The van der Waals surface area contributed by atoms with Gasteiger partial charge in [-0.1, -0.05) is 0 Å². The molecular weight excluding hydrogens is 440 g/mol. The summed E-state index contributed by atoms with van der Waals surface area (Å²) in [5.41, 5.74) is 0.782. The molecule has 0 aromatic carbocycles. The summed E-state index contributed by atoms with van der Waals surface area (Å²) in [6, 6.07) is -0.734. The van der Waals surface area contributed by atoms with Crippen LogP contribution in [0.25, 0.3) is 0 Å². The van der Waals surface area contributed by atoms with Gasteiger partial charge in [0, 0.05) is 42.7 Å². The molecule has 4 amide bonds. The summed E-state index contributed by atoms with van der Waals surface area (Å²) in [4.78, 5) is 65.6. The number of rotatable bonds is 2. The molecule has 34 heavy (non-hydrogen) atoms. The molecule has 1 aliphatic carbocycles. The van der Waals surface area contributed by atoms with Gasteiger partial charge in [0.25, 0.3) is 11.5 Å². The Morgan fingerprint density at radius 2 is 1.82 bits per heavy atom. The van der Waals surface area contributed by atoms with E-state index in [0.717, 1.165) is 12.8 Å². The van der Waals surface area contributed by atoms with Gasteiger partial charge in [-0.3, -0.25) is 24.5 Å². The van der Waals surface area contributed by atoms with E-state index in [1.165, 1.54) is 4.90 Å². The van der Waals surface area contributed by atoms with Crippen molar-refractivity contribution in [3.63, 3.8) is 0 Å². The molecule has 4 heterocycles. The Labute approximate surface area is 197 Å². The van der Waals surface area contributed by atoms with Crippen LogP contribution < -0.4 is 10.9 Å². The van der Waals surface area contributed by atoms with Gasteiger partial charge in [-0.05, 0) is 52.5 Å². The maximum Gasteiger partial charge on any atom is 0.410 e. The van der Waals surface area contributed by atoms with E-state index in [0.29, 0.717) is 29.8 Å². The van der Waals surface area contributed by atoms with Gasteiger partial charge >= 0.3 is 6.09 Å². The van der Waals surface area contributed by atoms with Crippen molar-refractivity contribution in [2.45, 2.75) is 77.6 Å². The third-order valence-electron chi connectivity index (χ3n) is 7.35. The largest absolute Gasteiger partial charge is 0.444 e. The molecule has 1 aromatic rings. The molecule has 1 spiro atoms. The molecule has 182 valence electrons. The van der Waals surface area contributed by atoms with Crippen LogP contribution in [0.15, 0.2) is 11.0 Å². The number of carbonyl (C=O) groups excluding carboxylic acids is 4. The predicted molar refractivity (Wildman–Crippen MR) is 120 cm³/mol. The molecule has 1 aromatic heterocycles. The number of pyridine rings is 1. The average Bonchev–Trinajstić information content (AvgIpc) is 3.00. The van der Waals surface area contributed by atoms with E-state index >= 15 is 0 Å². The molecule has 1 saturated carbocycles. The molecule has 5 rings (SSSR count). The van der Waals surface area contributed by atoms with Crippen molar-refractivity contribution in [1.82, 2.24) is 19.7 Å². The first-order chi connectivity index (χ1) is 15.9. The number of imide groups is 1. The van der Waals surface area contributed by atoms with E-state index in [1.807, 2.05) is 27.7 Å². The maximum absolute atomic E-state index is 13.3. The van der Waals surface area contributed by atoms with Gasteiger partial charge in [-0.2, -0.15) is 0 Å². The highest BCUT2D eigenvalue weighted by Gasteiger charge is 2.55. The number of hydrogen-bond acceptors (Lipinski definition) is 6. The second kappa shape index (κ2) is 7.41. The van der Waals surface area contributed by atoms with E-state index in [-0.39, 0.29) is 54.3 Å². The van der Waals surface area contributed by atoms with E-state index in [4.69, 9.17) is 4.74 Å². The molecule has 10 nitrogen and oxygen atoms in total. The van der Waals surface area contributed by atoms with Crippen LogP contribution in [0, 0.1) is 12.3 Å². The average molecular weight is 471 g/mol. The third-order valence-corrected chi connectivity index (χ3v) is 7.35. The van der Waals surface area contributed by atoms with Crippen LogP contribution in [0.4, 0.5) is 4.79 Å². The van der Waals surface area contributed by atoms with Gasteiger partial charge in [-0.25, -0.2) is 4.79 Å². The number of nitrogens with zero attached hydrogens (tertiary/aromatic N) is 3. The molecule has 0 unspecified atom stereocenters. The number of fused-ring (bicyclic) bond motifs is 1. The lowest BCUT2D eigenvalue weighted by Gasteiger charge is -2.58. The van der Waals surface area contributed by atoms with Crippen molar-refractivity contribution in [3.05, 3.63) is 33.2 Å². The minimum Gasteiger partial charge on any atom is -0.444 e. The highest BCUT2D eigenvalue weighted by atomic mass is 16.6. The summed E-state index contributed by atoms with van der Waals surface area (Å²) >= 11 is 0. The lowest BCUT2D eigenvalue weighted by molar-refractivity contribution is -0.136. The first-order valence-electron chi connectivity index (χ1n) is 11.7. The van der Waals surface area contributed by atoms with Crippen molar-refractivity contribution >= 4 is 23.8 Å². The SMILES string of the molecule is Cc1cn(C2CC3(C2)CN(C(=O)OC(C)(C)C)C3)c(=O)c2c1C(=O)N([C@H]1CCC(=O)NC1=O)C2. The lowest BCUT2D eigenvalue weighted by Crippen LogP contribution is -2.64. The van der Waals surface area contributed by atoms with Crippen LogP contribution in [0.3, 0.4) is 0 Å². The zero-order valence-corrected chi connectivity index (χ0v) is 20.0. The maximum atomic E-state index is 13.3. The van der Waals surface area contributed by atoms with E-state index in [2.05, 4.69) is 5.32 Å². The molecule has 10 heteroatoms. The van der Waals surface area contributed by atoms with Crippen LogP contribution in [-0.4, -0.2) is 62.9 Å². The monoisotopic (exact) mass is 470 g/mol. The Kier molecular flexibility index (Phi) is 4.93. The van der Waals surface area contributed by atoms with Crippen molar-refractivity contribution < 1.29 is 23.9 Å². The fourth-order valence-corrected chi connectivity index (χ4v) is 5.78. The number of carbonyl (C=O) groups is 4. The Hall–Kier alpha value is -3.17. The number of aromatic nitrogens is 1. The molecule has 2 saturated heterocycles. The van der Waals surface area contributed by atoms with E-state index in [9.17, 15) is 24.0 Å². The van der Waals surface area contributed by atoms with Gasteiger partial charge in [0.2, 0.25) is 11.8 Å². The van der Waals surface area contributed by atoms with Crippen molar-refractivity contribution in [2.75, 3.05) is 13.1 Å². The zero-order valence-electron chi connectivity index (χ0n) is 20.0. The number of amides is 4. The number of likely N-dealkylation sites (tertiary alicyclic amines) is 1. The summed E-state index contributed by atoms with van der Waals surface area (Å²) in [7, 11) is 0. The first kappa shape index (κ1) is 22.6. The number of hydrogen-bond donors (Lipinski definition) is 1. The normalized spacial score (nSPS) is 24.0. The standard InChI is InChI=1S/C24H30N4O6/c1-13-9-27(14-7-24(8-14)11-26(12-24)22(33)34-23(2,3)4)20(31)15-10-28(21(32)18(13)15)16-5-6-17(29)25-19(16)30/h9,14,16H,5-8,10-12H2,1-4H3,(H,25,29,30)/t16-/m0/s1. The Morgan fingerprint density at radius 1 is 1.15 bits per heavy atom. The Morgan fingerprint density at radius 3 is 2.44 bits per heavy atom. The number of aryl methyl sites for hydroxylation is 1. The molecule has 0 bridgehead atoms. The van der Waals surface area contributed by atoms with Crippen LogP contribution in [0.5, 0.6) is 0 Å². The van der Waals surface area contributed by atoms with Gasteiger partial charge < -0.3 is 19.1 Å². The van der Waals surface area contributed by atoms with Gasteiger partial charge in [0.15, 0.2) is 0 Å². The van der Waals surface area contributed by atoms with Crippen LogP contribution >= 0.6 is 0 Å². The highest BCUT2D eigenvalue weighted by Crippen LogP contribution is 2.54. The van der Waals surface area contributed by atoms with Crippen molar-refractivity contribution in [2.24, 2.45) is 5.41 Å². The molecular formula is C24H30N4O6. The smallest absolute Gasteiger partial charge is 0.410 e. The number of piperidine rings is 1. The van der Waals surface area contributed by atoms with Gasteiger partial charge in [0.1, 0.15) is 11.6 Å². The first-order valence-corrected chi connectivity index (χ1v) is 11.7. The zero-order chi connectivity index (χ0) is 24.6. The van der Waals surface area contributed by atoms with Crippen LogP contribution in [0.2, 0.25) is 0 Å². The van der Waals surface area contributed by atoms with Crippen molar-refractivity contribution in [3.8, 4) is 0 Å². The minimum absolute atomic E-state index is 0.0111. The summed E-state index contributed by atoms with van der Waals surface area (Å²) < 4.78 is 7.15. The fraction of sp³-hybridized carbons (Fsp3) is 0.625. The fourth-order valence-electron chi connectivity index (χ4n) is 5.78. The van der Waals surface area contributed by atoms with Gasteiger partial charge in [-0.15, -0.1) is 0 Å². The summed E-state index contributed by atoms with van der Waals surface area (Å²) in [6.45, 7) is 8.66. The van der Waals surface area contributed by atoms with Gasteiger partial charge in [0.05, 0.1) is 12.1 Å². The molecule has 1 atom stereocenters. The summed E-state index contributed by atoms with van der Waals surface area (Å²) in [5, 5.41) is 2.28. The topological polar surface area (TPSA) is 118 Å². The predicted octanol–water partition coefficient (Wildman–Crippen LogP) is 1.49.